The second-order valence-electron chi connectivity index (χ2n) is 4.28. The van der Waals surface area contributed by atoms with E-state index in [4.69, 9.17) is 4.74 Å². The van der Waals surface area contributed by atoms with Gasteiger partial charge in [-0.2, -0.15) is 0 Å². The molecule has 2 aliphatic rings. The van der Waals surface area contributed by atoms with Crippen LogP contribution in [-0.2, 0) is 4.74 Å². The topological polar surface area (TPSA) is 32.8 Å². The standard InChI is InChI=1S/C12H14O2/c13-10-4-2-1-3-9(10)8-5-6-11-12(7-8)14-11/h1-4,8,11-13H,5-7H2. The maximum atomic E-state index is 9.72. The lowest BCUT2D eigenvalue weighted by Gasteiger charge is -2.19. The molecule has 1 aliphatic carbocycles. The Kier molecular flexibility index (Phi) is 1.77. The summed E-state index contributed by atoms with van der Waals surface area (Å²) in [6, 6.07) is 7.67. The molecule has 1 aromatic carbocycles. The number of ether oxygens (including phenoxy) is 1. The Balaban J connectivity index is 1.84. The normalized spacial score (nSPS) is 35.0. The van der Waals surface area contributed by atoms with Crippen molar-refractivity contribution in [3.05, 3.63) is 29.8 Å². The lowest BCUT2D eigenvalue weighted by molar-refractivity contribution is 0.371. The maximum absolute atomic E-state index is 9.72. The van der Waals surface area contributed by atoms with E-state index in [0.29, 0.717) is 23.9 Å². The number of hydrogen-bond acceptors (Lipinski definition) is 2. The first kappa shape index (κ1) is 8.30. The van der Waals surface area contributed by atoms with Crippen molar-refractivity contribution in [2.24, 2.45) is 0 Å². The lowest BCUT2D eigenvalue weighted by atomic mass is 9.84. The summed E-state index contributed by atoms with van der Waals surface area (Å²) < 4.78 is 5.49. The molecule has 2 fully saturated rings. The average molecular weight is 190 g/mol. The maximum Gasteiger partial charge on any atom is 0.119 e. The molecule has 1 heterocycles. The molecular weight excluding hydrogens is 176 g/mol. The van der Waals surface area contributed by atoms with Crippen LogP contribution in [0.5, 0.6) is 5.75 Å². The third kappa shape index (κ3) is 1.30. The molecule has 74 valence electrons. The number of phenolic OH excluding ortho intramolecular Hbond substituents is 1. The fourth-order valence-corrected chi connectivity index (χ4v) is 2.52. The molecule has 3 rings (SSSR count). The summed E-state index contributed by atoms with van der Waals surface area (Å²) >= 11 is 0. The molecule has 0 radical (unpaired) electrons. The highest BCUT2D eigenvalue weighted by atomic mass is 16.6. The predicted molar refractivity (Wildman–Crippen MR) is 53.4 cm³/mol. The molecule has 0 amide bonds. The number of phenols is 1. The minimum atomic E-state index is 0.441. The quantitative estimate of drug-likeness (QED) is 0.690. The molecule has 2 heteroatoms. The number of hydrogen-bond donors (Lipinski definition) is 1. The molecule has 3 unspecified atom stereocenters. The molecular formula is C12H14O2. The first-order chi connectivity index (χ1) is 6.84. The Hall–Kier alpha value is -1.02. The first-order valence-corrected chi connectivity index (χ1v) is 5.28. The number of benzene rings is 1. The molecule has 1 saturated heterocycles. The third-order valence-corrected chi connectivity index (χ3v) is 3.38. The van der Waals surface area contributed by atoms with E-state index in [1.54, 1.807) is 6.07 Å². The van der Waals surface area contributed by atoms with Gasteiger partial charge in [0.25, 0.3) is 0 Å². The van der Waals surface area contributed by atoms with E-state index in [-0.39, 0.29) is 0 Å². The van der Waals surface area contributed by atoms with Gasteiger partial charge in [0.05, 0.1) is 12.2 Å². The fourth-order valence-electron chi connectivity index (χ4n) is 2.52. The highest BCUT2D eigenvalue weighted by molar-refractivity contribution is 5.35. The van der Waals surface area contributed by atoms with Crippen molar-refractivity contribution in [2.75, 3.05) is 0 Å². The lowest BCUT2D eigenvalue weighted by Crippen LogP contribution is -2.11. The van der Waals surface area contributed by atoms with Crippen LogP contribution in [0.15, 0.2) is 24.3 Å². The highest BCUT2D eigenvalue weighted by Crippen LogP contribution is 2.45. The summed E-state index contributed by atoms with van der Waals surface area (Å²) in [5, 5.41) is 9.72. The van der Waals surface area contributed by atoms with Crippen molar-refractivity contribution in [3.8, 4) is 5.75 Å². The Morgan fingerprint density at radius 1 is 1.14 bits per heavy atom. The van der Waals surface area contributed by atoms with Crippen molar-refractivity contribution < 1.29 is 9.84 Å². The van der Waals surface area contributed by atoms with E-state index < -0.39 is 0 Å². The zero-order valence-electron chi connectivity index (χ0n) is 8.02. The van der Waals surface area contributed by atoms with Gasteiger partial charge in [0.2, 0.25) is 0 Å². The second-order valence-corrected chi connectivity index (χ2v) is 4.28. The van der Waals surface area contributed by atoms with E-state index >= 15 is 0 Å². The van der Waals surface area contributed by atoms with Crippen LogP contribution in [0.4, 0.5) is 0 Å². The van der Waals surface area contributed by atoms with Crippen LogP contribution in [0.25, 0.3) is 0 Å². The van der Waals surface area contributed by atoms with Crippen molar-refractivity contribution in [2.45, 2.75) is 37.4 Å². The molecule has 1 saturated carbocycles. The van der Waals surface area contributed by atoms with E-state index in [1.165, 1.54) is 0 Å². The number of rotatable bonds is 1. The first-order valence-electron chi connectivity index (χ1n) is 5.28. The van der Waals surface area contributed by atoms with Crippen LogP contribution >= 0.6 is 0 Å². The van der Waals surface area contributed by atoms with Crippen molar-refractivity contribution in [1.82, 2.24) is 0 Å². The van der Waals surface area contributed by atoms with E-state index in [2.05, 4.69) is 0 Å². The molecule has 1 N–H and O–H groups in total. The largest absolute Gasteiger partial charge is 0.508 e. The summed E-state index contributed by atoms with van der Waals surface area (Å²) in [6.07, 6.45) is 4.41. The summed E-state index contributed by atoms with van der Waals surface area (Å²) in [5.41, 5.74) is 1.10. The molecule has 14 heavy (non-hydrogen) atoms. The summed E-state index contributed by atoms with van der Waals surface area (Å²) in [6.45, 7) is 0. The van der Waals surface area contributed by atoms with Gasteiger partial charge in [-0.3, -0.25) is 0 Å². The van der Waals surface area contributed by atoms with Crippen molar-refractivity contribution in [3.63, 3.8) is 0 Å². The minimum absolute atomic E-state index is 0.441. The number of epoxide rings is 1. The third-order valence-electron chi connectivity index (χ3n) is 3.38. The molecule has 0 aromatic heterocycles. The van der Waals surface area contributed by atoms with Crippen LogP contribution in [0.2, 0.25) is 0 Å². The summed E-state index contributed by atoms with van der Waals surface area (Å²) in [7, 11) is 0. The Morgan fingerprint density at radius 3 is 2.79 bits per heavy atom. The molecule has 0 spiro atoms. The Morgan fingerprint density at radius 2 is 2.00 bits per heavy atom. The van der Waals surface area contributed by atoms with Crippen LogP contribution in [0, 0.1) is 0 Å². The number of aromatic hydroxyl groups is 1. The highest BCUT2D eigenvalue weighted by Gasteiger charge is 2.44. The van der Waals surface area contributed by atoms with E-state index in [1.807, 2.05) is 18.2 Å². The average Bonchev–Trinajstić information content (AvgIpc) is 2.96. The Bertz CT molecular complexity index is 348. The fraction of sp³-hybridized carbons (Fsp3) is 0.500. The predicted octanol–water partition coefficient (Wildman–Crippen LogP) is 2.43. The van der Waals surface area contributed by atoms with Gasteiger partial charge < -0.3 is 9.84 Å². The number of fused-ring (bicyclic) bond motifs is 1. The minimum Gasteiger partial charge on any atom is -0.508 e. The number of para-hydroxylation sites is 1. The van der Waals surface area contributed by atoms with Crippen molar-refractivity contribution >= 4 is 0 Å². The Labute approximate surface area is 83.5 Å². The van der Waals surface area contributed by atoms with Crippen molar-refractivity contribution in [1.29, 1.82) is 0 Å². The van der Waals surface area contributed by atoms with Gasteiger partial charge in [-0.25, -0.2) is 0 Å². The van der Waals surface area contributed by atoms with Crippen LogP contribution < -0.4 is 0 Å². The van der Waals surface area contributed by atoms with Gasteiger partial charge in [-0.05, 0) is 36.8 Å². The van der Waals surface area contributed by atoms with Gasteiger partial charge in [0.1, 0.15) is 5.75 Å². The monoisotopic (exact) mass is 190 g/mol. The smallest absolute Gasteiger partial charge is 0.119 e. The van der Waals surface area contributed by atoms with E-state index in [9.17, 15) is 5.11 Å². The SMILES string of the molecule is Oc1ccccc1C1CCC2OC2C1. The zero-order valence-corrected chi connectivity index (χ0v) is 8.02. The van der Waals surface area contributed by atoms with Gasteiger partial charge in [-0.1, -0.05) is 18.2 Å². The molecule has 0 bridgehead atoms. The second kappa shape index (κ2) is 2.99. The van der Waals surface area contributed by atoms with Crippen LogP contribution in [0.1, 0.15) is 30.7 Å². The molecule has 3 atom stereocenters. The van der Waals surface area contributed by atoms with Gasteiger partial charge in [0.15, 0.2) is 0 Å². The zero-order chi connectivity index (χ0) is 9.54. The summed E-state index contributed by atoms with van der Waals surface area (Å²) in [4.78, 5) is 0. The summed E-state index contributed by atoms with van der Waals surface area (Å²) in [5.74, 6) is 0.941. The van der Waals surface area contributed by atoms with E-state index in [0.717, 1.165) is 24.8 Å². The van der Waals surface area contributed by atoms with Gasteiger partial charge >= 0.3 is 0 Å². The molecule has 1 aromatic rings. The van der Waals surface area contributed by atoms with Crippen LogP contribution in [-0.4, -0.2) is 17.3 Å². The van der Waals surface area contributed by atoms with Crippen LogP contribution in [0.3, 0.4) is 0 Å². The molecule has 1 aliphatic heterocycles. The van der Waals surface area contributed by atoms with Gasteiger partial charge in [0, 0.05) is 0 Å². The van der Waals surface area contributed by atoms with Gasteiger partial charge in [-0.15, -0.1) is 0 Å². The molecule has 2 nitrogen and oxygen atoms in total.